The van der Waals surface area contributed by atoms with E-state index in [1.54, 1.807) is 12.1 Å². The Morgan fingerprint density at radius 2 is 1.83 bits per heavy atom. The van der Waals surface area contributed by atoms with Crippen molar-refractivity contribution in [1.82, 2.24) is 4.90 Å². The van der Waals surface area contributed by atoms with E-state index in [2.05, 4.69) is 29.2 Å². The topological polar surface area (TPSA) is 49.8 Å². The second kappa shape index (κ2) is 6.94. The molecule has 0 saturated carbocycles. The average Bonchev–Trinajstić information content (AvgIpc) is 2.57. The molecule has 1 saturated heterocycles. The Balaban J connectivity index is 1.79. The lowest BCUT2D eigenvalue weighted by molar-refractivity contribution is 0.0342. The standard InChI is InChI=1S/C19H21NO3/c1-14-17(3-2-4-18(14)19(21)22)16-7-5-15(6-8-16)13-20-9-11-23-12-10-20/h2-8H,9-13H2,1H3,(H,21,22). The molecule has 0 bridgehead atoms. The summed E-state index contributed by atoms with van der Waals surface area (Å²) in [5.41, 5.74) is 4.46. The van der Waals surface area contributed by atoms with Gasteiger partial charge in [0.15, 0.2) is 0 Å². The van der Waals surface area contributed by atoms with E-state index in [1.807, 2.05) is 13.0 Å². The number of hydrogen-bond acceptors (Lipinski definition) is 3. The Labute approximate surface area is 136 Å². The van der Waals surface area contributed by atoms with Crippen molar-refractivity contribution in [2.75, 3.05) is 26.3 Å². The highest BCUT2D eigenvalue weighted by molar-refractivity contribution is 5.92. The minimum absolute atomic E-state index is 0.361. The highest BCUT2D eigenvalue weighted by Crippen LogP contribution is 2.26. The van der Waals surface area contributed by atoms with Gasteiger partial charge in [-0.15, -0.1) is 0 Å². The fourth-order valence-corrected chi connectivity index (χ4v) is 2.99. The van der Waals surface area contributed by atoms with E-state index in [0.29, 0.717) is 5.56 Å². The second-order valence-electron chi connectivity index (χ2n) is 5.87. The van der Waals surface area contributed by atoms with E-state index in [9.17, 15) is 9.90 Å². The van der Waals surface area contributed by atoms with Gasteiger partial charge in [-0.2, -0.15) is 0 Å². The van der Waals surface area contributed by atoms with Gasteiger partial charge in [0.2, 0.25) is 0 Å². The maximum atomic E-state index is 11.3. The van der Waals surface area contributed by atoms with Gasteiger partial charge in [0.25, 0.3) is 0 Å². The molecule has 0 unspecified atom stereocenters. The first-order valence-corrected chi connectivity index (χ1v) is 7.87. The van der Waals surface area contributed by atoms with Crippen LogP contribution in [0.25, 0.3) is 11.1 Å². The van der Waals surface area contributed by atoms with Crippen molar-refractivity contribution >= 4 is 5.97 Å². The van der Waals surface area contributed by atoms with Crippen LogP contribution in [0, 0.1) is 6.92 Å². The third-order valence-corrected chi connectivity index (χ3v) is 4.34. The summed E-state index contributed by atoms with van der Waals surface area (Å²) in [6.07, 6.45) is 0. The largest absolute Gasteiger partial charge is 0.478 e. The second-order valence-corrected chi connectivity index (χ2v) is 5.87. The molecule has 2 aromatic carbocycles. The van der Waals surface area contributed by atoms with Crippen LogP contribution in [-0.4, -0.2) is 42.3 Å². The molecule has 4 heteroatoms. The number of morpholine rings is 1. The minimum Gasteiger partial charge on any atom is -0.478 e. The molecule has 0 radical (unpaired) electrons. The molecule has 0 aromatic heterocycles. The molecule has 1 aliphatic heterocycles. The first kappa shape index (κ1) is 15.7. The summed E-state index contributed by atoms with van der Waals surface area (Å²) in [7, 11) is 0. The number of benzene rings is 2. The fraction of sp³-hybridized carbons (Fsp3) is 0.316. The molecule has 1 fully saturated rings. The van der Waals surface area contributed by atoms with Crippen LogP contribution in [-0.2, 0) is 11.3 Å². The number of rotatable bonds is 4. The molecule has 2 aromatic rings. The van der Waals surface area contributed by atoms with Crippen LogP contribution in [0.2, 0.25) is 0 Å². The van der Waals surface area contributed by atoms with Gasteiger partial charge >= 0.3 is 5.97 Å². The van der Waals surface area contributed by atoms with Crippen molar-refractivity contribution in [3.63, 3.8) is 0 Å². The molecule has 0 atom stereocenters. The van der Waals surface area contributed by atoms with Crippen LogP contribution in [0.4, 0.5) is 0 Å². The highest BCUT2D eigenvalue weighted by Gasteiger charge is 2.13. The van der Waals surface area contributed by atoms with E-state index in [4.69, 9.17) is 4.74 Å². The first-order chi connectivity index (χ1) is 11.1. The molecule has 23 heavy (non-hydrogen) atoms. The van der Waals surface area contributed by atoms with Gasteiger partial charge in [0.1, 0.15) is 0 Å². The summed E-state index contributed by atoms with van der Waals surface area (Å²) in [6, 6.07) is 13.8. The van der Waals surface area contributed by atoms with Crippen LogP contribution in [0.15, 0.2) is 42.5 Å². The number of nitrogens with zero attached hydrogens (tertiary/aromatic N) is 1. The zero-order chi connectivity index (χ0) is 16.2. The summed E-state index contributed by atoms with van der Waals surface area (Å²) < 4.78 is 5.37. The minimum atomic E-state index is -0.881. The van der Waals surface area contributed by atoms with E-state index in [0.717, 1.165) is 49.5 Å². The smallest absolute Gasteiger partial charge is 0.335 e. The van der Waals surface area contributed by atoms with E-state index in [-0.39, 0.29) is 0 Å². The number of carbonyl (C=O) groups is 1. The maximum absolute atomic E-state index is 11.3. The molecule has 0 aliphatic carbocycles. The lowest BCUT2D eigenvalue weighted by Crippen LogP contribution is -2.35. The lowest BCUT2D eigenvalue weighted by atomic mass is 9.96. The van der Waals surface area contributed by atoms with Gasteiger partial charge in [-0.3, -0.25) is 4.90 Å². The Morgan fingerprint density at radius 3 is 2.48 bits per heavy atom. The van der Waals surface area contributed by atoms with Crippen molar-refractivity contribution in [3.8, 4) is 11.1 Å². The molecular formula is C19H21NO3. The maximum Gasteiger partial charge on any atom is 0.335 e. The number of aromatic carboxylic acids is 1. The molecule has 0 amide bonds. The summed E-state index contributed by atoms with van der Waals surface area (Å²) in [5.74, 6) is -0.881. The number of carboxylic acid groups (broad SMARTS) is 1. The summed E-state index contributed by atoms with van der Waals surface area (Å²) in [5, 5.41) is 9.25. The first-order valence-electron chi connectivity index (χ1n) is 7.87. The van der Waals surface area contributed by atoms with Crippen LogP contribution >= 0.6 is 0 Å². The average molecular weight is 311 g/mol. The van der Waals surface area contributed by atoms with Crippen LogP contribution in [0.5, 0.6) is 0 Å². The Hall–Kier alpha value is -2.17. The SMILES string of the molecule is Cc1c(C(=O)O)cccc1-c1ccc(CN2CCOCC2)cc1. The molecule has 4 nitrogen and oxygen atoms in total. The van der Waals surface area contributed by atoms with Crippen LogP contribution in [0.3, 0.4) is 0 Å². The van der Waals surface area contributed by atoms with Gasteiger partial charge in [0.05, 0.1) is 18.8 Å². The Morgan fingerprint density at radius 1 is 1.13 bits per heavy atom. The van der Waals surface area contributed by atoms with E-state index in [1.165, 1.54) is 5.56 Å². The van der Waals surface area contributed by atoms with Gasteiger partial charge in [-0.05, 0) is 35.2 Å². The molecule has 1 heterocycles. The van der Waals surface area contributed by atoms with E-state index < -0.39 is 5.97 Å². The monoisotopic (exact) mass is 311 g/mol. The van der Waals surface area contributed by atoms with Crippen molar-refractivity contribution in [2.45, 2.75) is 13.5 Å². The Kier molecular flexibility index (Phi) is 4.74. The predicted octanol–water partition coefficient (Wildman–Crippen LogP) is 3.19. The quantitative estimate of drug-likeness (QED) is 0.942. The van der Waals surface area contributed by atoms with Crippen LogP contribution in [0.1, 0.15) is 21.5 Å². The summed E-state index contributed by atoms with van der Waals surface area (Å²) in [4.78, 5) is 13.6. The molecule has 120 valence electrons. The molecule has 1 aliphatic rings. The normalized spacial score (nSPS) is 15.5. The van der Waals surface area contributed by atoms with Gasteiger partial charge in [-0.1, -0.05) is 36.4 Å². The highest BCUT2D eigenvalue weighted by atomic mass is 16.5. The zero-order valence-corrected chi connectivity index (χ0v) is 13.3. The lowest BCUT2D eigenvalue weighted by Gasteiger charge is -2.26. The number of ether oxygens (including phenoxy) is 1. The van der Waals surface area contributed by atoms with Crippen molar-refractivity contribution in [3.05, 3.63) is 59.2 Å². The zero-order valence-electron chi connectivity index (χ0n) is 13.3. The fourth-order valence-electron chi connectivity index (χ4n) is 2.99. The summed E-state index contributed by atoms with van der Waals surface area (Å²) >= 11 is 0. The van der Waals surface area contributed by atoms with Crippen molar-refractivity contribution in [2.24, 2.45) is 0 Å². The van der Waals surface area contributed by atoms with Crippen LogP contribution < -0.4 is 0 Å². The number of hydrogen-bond donors (Lipinski definition) is 1. The van der Waals surface area contributed by atoms with Gasteiger partial charge < -0.3 is 9.84 Å². The third kappa shape index (κ3) is 3.60. The summed E-state index contributed by atoms with van der Waals surface area (Å²) in [6.45, 7) is 6.35. The predicted molar refractivity (Wildman–Crippen MR) is 89.7 cm³/mol. The molecular weight excluding hydrogens is 290 g/mol. The third-order valence-electron chi connectivity index (χ3n) is 4.34. The molecule has 0 spiro atoms. The van der Waals surface area contributed by atoms with E-state index >= 15 is 0 Å². The molecule has 3 rings (SSSR count). The Bertz CT molecular complexity index is 688. The van der Waals surface area contributed by atoms with Crippen molar-refractivity contribution in [1.29, 1.82) is 0 Å². The van der Waals surface area contributed by atoms with Gasteiger partial charge in [-0.25, -0.2) is 4.79 Å². The molecule has 1 N–H and O–H groups in total. The van der Waals surface area contributed by atoms with Crippen molar-refractivity contribution < 1.29 is 14.6 Å². The number of carboxylic acids is 1. The van der Waals surface area contributed by atoms with Gasteiger partial charge in [0, 0.05) is 19.6 Å².